The molecular formula is C17H18N2O3. The SMILES string of the molecule is O=C(O)c1nnccc1-c1ccccc1OC1CCCCC1. The third-order valence-corrected chi connectivity index (χ3v) is 3.95. The van der Waals surface area contributed by atoms with Crippen LogP contribution in [0.3, 0.4) is 0 Å². The Kier molecular flexibility index (Phi) is 4.32. The van der Waals surface area contributed by atoms with Gasteiger partial charge in [0.1, 0.15) is 5.75 Å². The number of hydrogen-bond acceptors (Lipinski definition) is 4. The molecule has 1 aliphatic carbocycles. The number of nitrogens with zero attached hydrogens (tertiary/aromatic N) is 2. The number of carbonyl (C=O) groups is 1. The molecule has 1 aliphatic rings. The summed E-state index contributed by atoms with van der Waals surface area (Å²) < 4.78 is 6.13. The summed E-state index contributed by atoms with van der Waals surface area (Å²) in [6.45, 7) is 0. The number of aromatic carboxylic acids is 1. The van der Waals surface area contributed by atoms with E-state index in [1.165, 1.54) is 25.5 Å². The molecule has 1 N–H and O–H groups in total. The van der Waals surface area contributed by atoms with Crippen molar-refractivity contribution in [1.29, 1.82) is 0 Å². The van der Waals surface area contributed by atoms with E-state index >= 15 is 0 Å². The zero-order valence-corrected chi connectivity index (χ0v) is 12.2. The molecule has 1 aromatic carbocycles. The van der Waals surface area contributed by atoms with Gasteiger partial charge in [-0.3, -0.25) is 0 Å². The molecular weight excluding hydrogens is 280 g/mol. The zero-order chi connectivity index (χ0) is 15.4. The normalized spacial score (nSPS) is 15.5. The minimum absolute atomic E-state index is 0.0535. The number of carboxylic acid groups (broad SMARTS) is 1. The van der Waals surface area contributed by atoms with Crippen LogP contribution in [0.4, 0.5) is 0 Å². The lowest BCUT2D eigenvalue weighted by molar-refractivity contribution is 0.0690. The Bertz CT molecular complexity index is 666. The number of ether oxygens (including phenoxy) is 1. The van der Waals surface area contributed by atoms with Gasteiger partial charge in [-0.05, 0) is 37.8 Å². The lowest BCUT2D eigenvalue weighted by Crippen LogP contribution is -2.20. The highest BCUT2D eigenvalue weighted by Gasteiger charge is 2.20. The van der Waals surface area contributed by atoms with Gasteiger partial charge in [0.05, 0.1) is 12.3 Å². The third kappa shape index (κ3) is 3.08. The van der Waals surface area contributed by atoms with Gasteiger partial charge in [-0.15, -0.1) is 5.10 Å². The van der Waals surface area contributed by atoms with E-state index in [0.717, 1.165) is 18.4 Å². The quantitative estimate of drug-likeness (QED) is 0.934. The molecule has 0 atom stereocenters. The van der Waals surface area contributed by atoms with Crippen LogP contribution in [0.2, 0.25) is 0 Å². The van der Waals surface area contributed by atoms with E-state index in [1.807, 2.05) is 24.3 Å². The molecule has 0 aliphatic heterocycles. The van der Waals surface area contributed by atoms with Crippen LogP contribution >= 0.6 is 0 Å². The van der Waals surface area contributed by atoms with Crippen LogP contribution in [0, 0.1) is 0 Å². The minimum atomic E-state index is -1.09. The molecule has 0 amide bonds. The molecule has 0 bridgehead atoms. The van der Waals surface area contributed by atoms with Gasteiger partial charge in [-0.25, -0.2) is 4.79 Å². The largest absolute Gasteiger partial charge is 0.490 e. The van der Waals surface area contributed by atoms with Crippen LogP contribution in [0.5, 0.6) is 5.75 Å². The Morgan fingerprint density at radius 3 is 2.64 bits per heavy atom. The van der Waals surface area contributed by atoms with Crippen LogP contribution < -0.4 is 4.74 Å². The molecule has 1 saturated carbocycles. The van der Waals surface area contributed by atoms with Crippen molar-refractivity contribution in [1.82, 2.24) is 10.2 Å². The smallest absolute Gasteiger partial charge is 0.357 e. The Hall–Kier alpha value is -2.43. The molecule has 0 saturated heterocycles. The first-order valence-electron chi connectivity index (χ1n) is 7.57. The lowest BCUT2D eigenvalue weighted by Gasteiger charge is -2.24. The number of hydrogen-bond donors (Lipinski definition) is 1. The summed E-state index contributed by atoms with van der Waals surface area (Å²) in [7, 11) is 0. The zero-order valence-electron chi connectivity index (χ0n) is 12.2. The number of carboxylic acids is 1. The molecule has 0 radical (unpaired) electrons. The van der Waals surface area contributed by atoms with Crippen molar-refractivity contribution >= 4 is 5.97 Å². The van der Waals surface area contributed by atoms with Gasteiger partial charge in [0, 0.05) is 11.1 Å². The first-order valence-corrected chi connectivity index (χ1v) is 7.57. The van der Waals surface area contributed by atoms with Gasteiger partial charge in [0.2, 0.25) is 0 Å². The Morgan fingerprint density at radius 1 is 1.09 bits per heavy atom. The van der Waals surface area contributed by atoms with Crippen LogP contribution in [0.1, 0.15) is 42.6 Å². The highest BCUT2D eigenvalue weighted by atomic mass is 16.5. The fourth-order valence-corrected chi connectivity index (χ4v) is 2.86. The summed E-state index contributed by atoms with van der Waals surface area (Å²) in [5.41, 5.74) is 1.23. The molecule has 1 fully saturated rings. The molecule has 114 valence electrons. The second-order valence-electron chi connectivity index (χ2n) is 5.47. The van der Waals surface area contributed by atoms with E-state index in [1.54, 1.807) is 6.07 Å². The number of aromatic nitrogens is 2. The highest BCUT2D eigenvalue weighted by molar-refractivity contribution is 5.94. The second-order valence-corrected chi connectivity index (χ2v) is 5.47. The third-order valence-electron chi connectivity index (χ3n) is 3.95. The first-order chi connectivity index (χ1) is 10.8. The molecule has 0 spiro atoms. The molecule has 3 rings (SSSR count). The summed E-state index contributed by atoms with van der Waals surface area (Å²) in [5.74, 6) is -0.375. The number of para-hydroxylation sites is 1. The molecule has 0 unspecified atom stereocenters. The summed E-state index contributed by atoms with van der Waals surface area (Å²) in [6.07, 6.45) is 7.44. The van der Waals surface area contributed by atoms with Crippen molar-refractivity contribution in [3.8, 4) is 16.9 Å². The molecule has 5 nitrogen and oxygen atoms in total. The van der Waals surface area contributed by atoms with Crippen LogP contribution in [-0.4, -0.2) is 27.4 Å². The van der Waals surface area contributed by atoms with Gasteiger partial charge in [0.15, 0.2) is 5.69 Å². The minimum Gasteiger partial charge on any atom is -0.490 e. The van der Waals surface area contributed by atoms with Gasteiger partial charge < -0.3 is 9.84 Å². The fraction of sp³-hybridized carbons (Fsp3) is 0.353. The van der Waals surface area contributed by atoms with Crippen molar-refractivity contribution in [3.63, 3.8) is 0 Å². The van der Waals surface area contributed by atoms with Crippen molar-refractivity contribution in [3.05, 3.63) is 42.2 Å². The van der Waals surface area contributed by atoms with Gasteiger partial charge in [0.25, 0.3) is 0 Å². The monoisotopic (exact) mass is 298 g/mol. The average Bonchev–Trinajstić information content (AvgIpc) is 2.56. The Morgan fingerprint density at radius 2 is 1.86 bits per heavy atom. The molecule has 1 heterocycles. The maximum atomic E-state index is 11.4. The summed E-state index contributed by atoms with van der Waals surface area (Å²) >= 11 is 0. The van der Waals surface area contributed by atoms with Crippen molar-refractivity contribution in [2.45, 2.75) is 38.2 Å². The summed E-state index contributed by atoms with van der Waals surface area (Å²) in [6, 6.07) is 9.18. The van der Waals surface area contributed by atoms with E-state index in [9.17, 15) is 9.90 Å². The highest BCUT2D eigenvalue weighted by Crippen LogP contribution is 2.33. The standard InChI is InChI=1S/C17H18N2O3/c20-17(21)16-14(10-11-18-19-16)13-8-4-5-9-15(13)22-12-6-2-1-3-7-12/h4-5,8-12H,1-3,6-7H2,(H,20,21). The maximum absolute atomic E-state index is 11.4. The first kappa shape index (κ1) is 14.5. The second kappa shape index (κ2) is 6.56. The van der Waals surface area contributed by atoms with Crippen LogP contribution in [0.25, 0.3) is 11.1 Å². The van der Waals surface area contributed by atoms with E-state index in [0.29, 0.717) is 11.3 Å². The summed E-state index contributed by atoms with van der Waals surface area (Å²) in [5, 5.41) is 16.7. The van der Waals surface area contributed by atoms with Crippen molar-refractivity contribution in [2.75, 3.05) is 0 Å². The van der Waals surface area contributed by atoms with Crippen LogP contribution in [-0.2, 0) is 0 Å². The predicted octanol–water partition coefficient (Wildman–Crippen LogP) is 3.55. The maximum Gasteiger partial charge on any atom is 0.357 e. The van der Waals surface area contributed by atoms with Gasteiger partial charge in [-0.1, -0.05) is 24.6 Å². The van der Waals surface area contributed by atoms with E-state index < -0.39 is 5.97 Å². The van der Waals surface area contributed by atoms with Crippen LogP contribution in [0.15, 0.2) is 36.5 Å². The topological polar surface area (TPSA) is 72.3 Å². The number of benzene rings is 1. The Labute approximate surface area is 129 Å². The number of rotatable bonds is 4. The lowest BCUT2D eigenvalue weighted by atomic mass is 9.97. The van der Waals surface area contributed by atoms with E-state index in [2.05, 4.69) is 10.2 Å². The molecule has 1 aromatic heterocycles. The predicted molar refractivity (Wildman–Crippen MR) is 81.9 cm³/mol. The average molecular weight is 298 g/mol. The van der Waals surface area contributed by atoms with Gasteiger partial charge in [-0.2, -0.15) is 5.10 Å². The molecule has 5 heteroatoms. The Balaban J connectivity index is 1.96. The van der Waals surface area contributed by atoms with Crippen molar-refractivity contribution < 1.29 is 14.6 Å². The van der Waals surface area contributed by atoms with E-state index in [4.69, 9.17) is 4.74 Å². The molecule has 22 heavy (non-hydrogen) atoms. The molecule has 2 aromatic rings. The van der Waals surface area contributed by atoms with Crippen molar-refractivity contribution in [2.24, 2.45) is 0 Å². The van der Waals surface area contributed by atoms with Gasteiger partial charge >= 0.3 is 5.97 Å². The summed E-state index contributed by atoms with van der Waals surface area (Å²) in [4.78, 5) is 11.4. The van der Waals surface area contributed by atoms with E-state index in [-0.39, 0.29) is 11.8 Å². The fourth-order valence-electron chi connectivity index (χ4n) is 2.86.